The second-order valence-electron chi connectivity index (χ2n) is 8.60. The first-order valence-corrected chi connectivity index (χ1v) is 11.0. The number of carbonyl (C=O) groups is 2. The third-order valence-corrected chi connectivity index (χ3v) is 6.28. The lowest BCUT2D eigenvalue weighted by Gasteiger charge is -2.22. The molecule has 1 saturated heterocycles. The number of benzene rings is 2. The summed E-state index contributed by atoms with van der Waals surface area (Å²) in [5.74, 6) is 1.47. The van der Waals surface area contributed by atoms with Crippen LogP contribution in [-0.4, -0.2) is 52.9 Å². The van der Waals surface area contributed by atoms with Gasteiger partial charge in [-0.25, -0.2) is 4.98 Å². The third kappa shape index (κ3) is 4.13. The number of aromatic amines is 1. The van der Waals surface area contributed by atoms with E-state index in [0.717, 1.165) is 42.9 Å². The van der Waals surface area contributed by atoms with Crippen molar-refractivity contribution in [2.75, 3.05) is 36.4 Å². The smallest absolute Gasteiger partial charge is 0.253 e. The summed E-state index contributed by atoms with van der Waals surface area (Å²) in [5, 5.41) is 2.96. The fraction of sp³-hybridized carbons (Fsp3) is 0.375. The number of amides is 2. The van der Waals surface area contributed by atoms with E-state index in [1.54, 1.807) is 6.07 Å². The maximum Gasteiger partial charge on any atom is 0.253 e. The molecule has 7 heteroatoms. The van der Waals surface area contributed by atoms with Crippen molar-refractivity contribution < 1.29 is 9.59 Å². The van der Waals surface area contributed by atoms with Crippen molar-refractivity contribution >= 4 is 34.5 Å². The molecule has 0 spiro atoms. The quantitative estimate of drug-likeness (QED) is 0.681. The molecule has 2 amide bonds. The van der Waals surface area contributed by atoms with Crippen molar-refractivity contribution in [1.29, 1.82) is 0 Å². The Morgan fingerprint density at radius 2 is 1.90 bits per heavy atom. The number of carbonyl (C=O) groups excluding carboxylic acids is 2. The van der Waals surface area contributed by atoms with Crippen LogP contribution in [0.2, 0.25) is 0 Å². The SMILES string of the molecule is CC1CC1C(=O)Nc1cccc(C(=O)N2CCCN(c3nc4ccccc4[nH]3)CC2)c1. The summed E-state index contributed by atoms with van der Waals surface area (Å²) in [6, 6.07) is 15.3. The summed E-state index contributed by atoms with van der Waals surface area (Å²) in [7, 11) is 0. The molecule has 7 nitrogen and oxygen atoms in total. The van der Waals surface area contributed by atoms with Crippen molar-refractivity contribution in [2.24, 2.45) is 11.8 Å². The molecule has 1 aliphatic heterocycles. The topological polar surface area (TPSA) is 81.3 Å². The Morgan fingerprint density at radius 3 is 2.71 bits per heavy atom. The molecular weight excluding hydrogens is 390 g/mol. The Morgan fingerprint density at radius 1 is 1.06 bits per heavy atom. The van der Waals surface area contributed by atoms with Gasteiger partial charge in [-0.2, -0.15) is 0 Å². The van der Waals surface area contributed by atoms with Crippen molar-refractivity contribution in [3.8, 4) is 0 Å². The first kappa shape index (κ1) is 19.6. The standard InChI is InChI=1S/C24H27N5O2/c1-16-14-19(16)22(30)25-18-7-4-6-17(15-18)23(31)28-10-5-11-29(13-12-28)24-26-20-8-2-3-9-21(20)27-24/h2-4,6-9,15-16,19H,5,10-14H2,1H3,(H,25,30)(H,26,27). The number of aromatic nitrogens is 2. The number of hydrogen-bond acceptors (Lipinski definition) is 4. The lowest BCUT2D eigenvalue weighted by atomic mass is 10.1. The predicted octanol–water partition coefficient (Wildman–Crippen LogP) is 3.51. The third-order valence-electron chi connectivity index (χ3n) is 6.28. The Kier molecular flexibility index (Phi) is 5.10. The van der Waals surface area contributed by atoms with Crippen molar-refractivity contribution in [3.63, 3.8) is 0 Å². The highest BCUT2D eigenvalue weighted by Crippen LogP contribution is 2.38. The van der Waals surface area contributed by atoms with Crippen LogP contribution in [0.15, 0.2) is 48.5 Å². The van der Waals surface area contributed by atoms with E-state index in [1.807, 2.05) is 47.4 Å². The van der Waals surface area contributed by atoms with E-state index >= 15 is 0 Å². The zero-order valence-electron chi connectivity index (χ0n) is 17.7. The molecule has 2 N–H and O–H groups in total. The molecule has 5 rings (SSSR count). The highest BCUT2D eigenvalue weighted by Gasteiger charge is 2.39. The van der Waals surface area contributed by atoms with Gasteiger partial charge in [-0.1, -0.05) is 25.1 Å². The van der Waals surface area contributed by atoms with Gasteiger partial charge in [-0.15, -0.1) is 0 Å². The van der Waals surface area contributed by atoms with Crippen molar-refractivity contribution in [3.05, 3.63) is 54.1 Å². The number of nitrogens with zero attached hydrogens (tertiary/aromatic N) is 3. The zero-order chi connectivity index (χ0) is 21.4. The molecule has 0 radical (unpaired) electrons. The Hall–Kier alpha value is -3.35. The summed E-state index contributed by atoms with van der Waals surface area (Å²) >= 11 is 0. The largest absolute Gasteiger partial charge is 0.341 e. The average Bonchev–Trinajstić information content (AvgIpc) is 3.44. The van der Waals surface area contributed by atoms with Crippen LogP contribution in [-0.2, 0) is 4.79 Å². The zero-order valence-corrected chi connectivity index (χ0v) is 17.7. The molecule has 2 aromatic carbocycles. The molecule has 1 saturated carbocycles. The minimum atomic E-state index is 0.00217. The molecule has 3 aromatic rings. The van der Waals surface area contributed by atoms with Crippen molar-refractivity contribution in [2.45, 2.75) is 19.8 Å². The Balaban J connectivity index is 1.25. The fourth-order valence-corrected chi connectivity index (χ4v) is 4.26. The van der Waals surface area contributed by atoms with Gasteiger partial charge in [-0.3, -0.25) is 9.59 Å². The van der Waals surface area contributed by atoms with Crippen LogP contribution in [0.3, 0.4) is 0 Å². The van der Waals surface area contributed by atoms with Crippen LogP contribution < -0.4 is 10.2 Å². The number of H-pyrrole nitrogens is 1. The number of imidazole rings is 1. The Labute approximate surface area is 181 Å². The van der Waals surface area contributed by atoms with E-state index in [9.17, 15) is 9.59 Å². The summed E-state index contributed by atoms with van der Waals surface area (Å²) in [4.78, 5) is 37.6. The van der Waals surface area contributed by atoms with Crippen LogP contribution in [0.5, 0.6) is 0 Å². The van der Waals surface area contributed by atoms with Gasteiger partial charge in [0, 0.05) is 43.3 Å². The number of hydrogen-bond donors (Lipinski definition) is 2. The highest BCUT2D eigenvalue weighted by atomic mass is 16.2. The van der Waals surface area contributed by atoms with Gasteiger partial charge < -0.3 is 20.1 Å². The Bertz CT molecular complexity index is 1090. The monoisotopic (exact) mass is 417 g/mol. The minimum absolute atomic E-state index is 0.00217. The molecular formula is C24H27N5O2. The van der Waals surface area contributed by atoms with Gasteiger partial charge in [0.1, 0.15) is 0 Å². The molecule has 0 bridgehead atoms. The van der Waals surface area contributed by atoms with E-state index in [1.165, 1.54) is 0 Å². The number of nitrogens with one attached hydrogen (secondary N) is 2. The molecule has 2 unspecified atom stereocenters. The predicted molar refractivity (Wildman–Crippen MR) is 121 cm³/mol. The second kappa shape index (κ2) is 8.06. The number of fused-ring (bicyclic) bond motifs is 1. The fourth-order valence-electron chi connectivity index (χ4n) is 4.26. The summed E-state index contributed by atoms with van der Waals surface area (Å²) in [6.45, 7) is 4.98. The summed E-state index contributed by atoms with van der Waals surface area (Å²) < 4.78 is 0. The molecule has 2 fully saturated rings. The van der Waals surface area contributed by atoms with Crippen LogP contribution in [0.25, 0.3) is 11.0 Å². The summed E-state index contributed by atoms with van der Waals surface area (Å²) in [6.07, 6.45) is 1.82. The summed E-state index contributed by atoms with van der Waals surface area (Å²) in [5.41, 5.74) is 3.27. The molecule has 1 aromatic heterocycles. The molecule has 2 heterocycles. The van der Waals surface area contributed by atoms with Gasteiger partial charge in [0.15, 0.2) is 0 Å². The molecule has 160 valence electrons. The van der Waals surface area contributed by atoms with E-state index < -0.39 is 0 Å². The van der Waals surface area contributed by atoms with E-state index in [2.05, 4.69) is 22.1 Å². The molecule has 1 aliphatic carbocycles. The highest BCUT2D eigenvalue weighted by molar-refractivity contribution is 5.98. The van der Waals surface area contributed by atoms with Crippen LogP contribution in [0.1, 0.15) is 30.1 Å². The van der Waals surface area contributed by atoms with Crippen LogP contribution >= 0.6 is 0 Å². The first-order valence-electron chi connectivity index (χ1n) is 11.0. The molecule has 2 aliphatic rings. The van der Waals surface area contributed by atoms with E-state index in [0.29, 0.717) is 30.3 Å². The lowest BCUT2D eigenvalue weighted by Crippen LogP contribution is -2.35. The molecule has 31 heavy (non-hydrogen) atoms. The lowest BCUT2D eigenvalue weighted by molar-refractivity contribution is -0.117. The van der Waals surface area contributed by atoms with E-state index in [-0.39, 0.29) is 17.7 Å². The van der Waals surface area contributed by atoms with Crippen LogP contribution in [0, 0.1) is 11.8 Å². The van der Waals surface area contributed by atoms with Gasteiger partial charge in [0.25, 0.3) is 5.91 Å². The van der Waals surface area contributed by atoms with Gasteiger partial charge in [0.2, 0.25) is 11.9 Å². The number of rotatable bonds is 4. The van der Waals surface area contributed by atoms with Crippen molar-refractivity contribution in [1.82, 2.24) is 14.9 Å². The van der Waals surface area contributed by atoms with Gasteiger partial charge >= 0.3 is 0 Å². The number of para-hydroxylation sites is 2. The van der Waals surface area contributed by atoms with Gasteiger partial charge in [-0.05, 0) is 49.1 Å². The normalized spacial score (nSPS) is 21.1. The maximum absolute atomic E-state index is 13.1. The minimum Gasteiger partial charge on any atom is -0.341 e. The average molecular weight is 418 g/mol. The molecule has 2 atom stereocenters. The maximum atomic E-state index is 13.1. The number of anilines is 2. The first-order chi connectivity index (χ1) is 15.1. The van der Waals surface area contributed by atoms with E-state index in [4.69, 9.17) is 4.98 Å². The van der Waals surface area contributed by atoms with Gasteiger partial charge in [0.05, 0.1) is 11.0 Å². The van der Waals surface area contributed by atoms with Crippen LogP contribution in [0.4, 0.5) is 11.6 Å². The second-order valence-corrected chi connectivity index (χ2v) is 8.60.